The zero-order valence-electron chi connectivity index (χ0n) is 17.7. The second kappa shape index (κ2) is 7.57. The van der Waals surface area contributed by atoms with Crippen LogP contribution in [-0.2, 0) is 4.74 Å². The predicted molar refractivity (Wildman–Crippen MR) is 115 cm³/mol. The van der Waals surface area contributed by atoms with Crippen molar-refractivity contribution in [2.75, 3.05) is 30.9 Å². The summed E-state index contributed by atoms with van der Waals surface area (Å²) in [6.45, 7) is 5.83. The maximum absolute atomic E-state index is 15.1. The Hall–Kier alpha value is -3.62. The van der Waals surface area contributed by atoms with Gasteiger partial charge in [-0.25, -0.2) is 19.2 Å². The summed E-state index contributed by atoms with van der Waals surface area (Å²) < 4.78 is 31.8. The van der Waals surface area contributed by atoms with Crippen LogP contribution in [0.1, 0.15) is 20.8 Å². The fourth-order valence-corrected chi connectivity index (χ4v) is 3.44. The molecular formula is C22H23FN4O4. The van der Waals surface area contributed by atoms with Crippen LogP contribution in [0.25, 0.3) is 21.9 Å². The van der Waals surface area contributed by atoms with Crippen LogP contribution in [0.5, 0.6) is 11.6 Å². The molecule has 1 aliphatic rings. The summed E-state index contributed by atoms with van der Waals surface area (Å²) >= 11 is 0. The number of carbonyl (C=O) groups is 1. The van der Waals surface area contributed by atoms with Gasteiger partial charge in [-0.15, -0.1) is 0 Å². The summed E-state index contributed by atoms with van der Waals surface area (Å²) in [5, 5.41) is 1.32. The molecule has 162 valence electrons. The number of hydrogen-bond donors (Lipinski definition) is 1. The monoisotopic (exact) mass is 426 g/mol. The van der Waals surface area contributed by atoms with Gasteiger partial charge in [0, 0.05) is 28.9 Å². The third-order valence-corrected chi connectivity index (χ3v) is 4.73. The highest BCUT2D eigenvalue weighted by Gasteiger charge is 2.34. The van der Waals surface area contributed by atoms with Gasteiger partial charge in [0.1, 0.15) is 23.8 Å². The van der Waals surface area contributed by atoms with Crippen LogP contribution in [0.2, 0.25) is 0 Å². The molecule has 0 aliphatic carbocycles. The first-order valence-electron chi connectivity index (χ1n) is 9.73. The van der Waals surface area contributed by atoms with Gasteiger partial charge in [-0.2, -0.15) is 0 Å². The molecule has 1 aliphatic heterocycles. The zero-order valence-corrected chi connectivity index (χ0v) is 17.7. The molecule has 1 aromatic carbocycles. The van der Waals surface area contributed by atoms with Crippen molar-refractivity contribution < 1.29 is 23.4 Å². The van der Waals surface area contributed by atoms with Crippen molar-refractivity contribution in [3.63, 3.8) is 0 Å². The van der Waals surface area contributed by atoms with Gasteiger partial charge in [0.15, 0.2) is 11.4 Å². The molecule has 0 saturated carbocycles. The summed E-state index contributed by atoms with van der Waals surface area (Å²) in [5.41, 5.74) is 6.02. The number of anilines is 2. The number of halogens is 1. The van der Waals surface area contributed by atoms with Gasteiger partial charge < -0.3 is 19.9 Å². The number of hydrogen-bond acceptors (Lipinski definition) is 7. The normalized spacial score (nSPS) is 13.5. The van der Waals surface area contributed by atoms with Gasteiger partial charge in [-0.05, 0) is 44.4 Å². The molecule has 31 heavy (non-hydrogen) atoms. The molecule has 0 unspecified atom stereocenters. The fraction of sp³-hybridized carbons (Fsp3) is 0.318. The molecule has 0 bridgehead atoms. The highest BCUT2D eigenvalue weighted by atomic mass is 19.1. The molecule has 2 N–H and O–H groups in total. The van der Waals surface area contributed by atoms with Gasteiger partial charge in [-0.3, -0.25) is 4.90 Å². The molecular weight excluding hydrogens is 403 g/mol. The van der Waals surface area contributed by atoms with E-state index in [4.69, 9.17) is 19.9 Å². The van der Waals surface area contributed by atoms with Gasteiger partial charge in [0.2, 0.25) is 5.88 Å². The Kier molecular flexibility index (Phi) is 5.04. The average molecular weight is 426 g/mol. The zero-order chi connectivity index (χ0) is 22.3. The number of benzene rings is 1. The first-order chi connectivity index (χ1) is 14.7. The van der Waals surface area contributed by atoms with Crippen molar-refractivity contribution in [1.82, 2.24) is 9.97 Å². The van der Waals surface area contributed by atoms with E-state index in [2.05, 4.69) is 9.97 Å². The Balaban J connectivity index is 1.88. The van der Waals surface area contributed by atoms with Crippen LogP contribution in [0, 0.1) is 5.82 Å². The maximum Gasteiger partial charge on any atom is 0.415 e. The molecule has 4 rings (SSSR count). The molecule has 1 amide bonds. The molecule has 3 heterocycles. The van der Waals surface area contributed by atoms with E-state index in [0.717, 1.165) is 0 Å². The molecule has 0 radical (unpaired) electrons. The molecule has 0 spiro atoms. The molecule has 0 saturated heterocycles. The minimum absolute atomic E-state index is 0.215. The van der Waals surface area contributed by atoms with Crippen molar-refractivity contribution >= 4 is 28.4 Å². The topological polar surface area (TPSA) is 99.8 Å². The number of amides is 1. The highest BCUT2D eigenvalue weighted by Crippen LogP contribution is 2.46. The number of nitrogens with two attached hydrogens (primary N) is 1. The van der Waals surface area contributed by atoms with Crippen molar-refractivity contribution in [2.24, 2.45) is 0 Å². The summed E-state index contributed by atoms with van der Waals surface area (Å²) in [6.07, 6.45) is 2.41. The minimum Gasteiger partial charge on any atom is -0.494 e. The van der Waals surface area contributed by atoms with Crippen LogP contribution in [0.3, 0.4) is 0 Å². The quantitative estimate of drug-likeness (QED) is 0.657. The Labute approximate surface area is 178 Å². The number of fused-ring (bicyclic) bond motifs is 2. The van der Waals surface area contributed by atoms with Gasteiger partial charge >= 0.3 is 6.09 Å². The van der Waals surface area contributed by atoms with Crippen molar-refractivity contribution in [2.45, 2.75) is 26.4 Å². The van der Waals surface area contributed by atoms with Crippen molar-refractivity contribution in [3.8, 4) is 22.8 Å². The maximum atomic E-state index is 15.1. The molecule has 2 aromatic heterocycles. The first-order valence-corrected chi connectivity index (χ1v) is 9.73. The summed E-state index contributed by atoms with van der Waals surface area (Å²) in [7, 11) is 1.45. The number of ether oxygens (including phenoxy) is 3. The van der Waals surface area contributed by atoms with Gasteiger partial charge in [0.05, 0.1) is 13.7 Å². The van der Waals surface area contributed by atoms with Gasteiger partial charge in [-0.1, -0.05) is 0 Å². The third kappa shape index (κ3) is 3.90. The molecule has 0 fully saturated rings. The van der Waals surface area contributed by atoms with E-state index >= 15 is 4.39 Å². The lowest BCUT2D eigenvalue weighted by Gasteiger charge is -2.32. The van der Waals surface area contributed by atoms with Crippen LogP contribution < -0.4 is 20.1 Å². The summed E-state index contributed by atoms with van der Waals surface area (Å²) in [4.78, 5) is 22.6. The Morgan fingerprint density at radius 1 is 1.16 bits per heavy atom. The van der Waals surface area contributed by atoms with E-state index in [0.29, 0.717) is 27.8 Å². The smallest absolute Gasteiger partial charge is 0.415 e. The number of nitrogens with zero attached hydrogens (tertiary/aromatic N) is 3. The first kappa shape index (κ1) is 20.6. The van der Waals surface area contributed by atoms with E-state index in [1.54, 1.807) is 32.9 Å². The van der Waals surface area contributed by atoms with Crippen molar-refractivity contribution in [3.05, 3.63) is 36.4 Å². The van der Waals surface area contributed by atoms with E-state index < -0.39 is 17.5 Å². The number of pyridine rings is 2. The van der Waals surface area contributed by atoms with Crippen LogP contribution in [0.4, 0.5) is 20.7 Å². The number of rotatable bonds is 2. The van der Waals surface area contributed by atoms with Crippen molar-refractivity contribution in [1.29, 1.82) is 0 Å². The van der Waals surface area contributed by atoms with Crippen LogP contribution >= 0.6 is 0 Å². The lowest BCUT2D eigenvalue weighted by Crippen LogP contribution is -2.42. The minimum atomic E-state index is -0.688. The lowest BCUT2D eigenvalue weighted by molar-refractivity contribution is 0.0565. The van der Waals surface area contributed by atoms with E-state index in [-0.39, 0.29) is 30.3 Å². The average Bonchev–Trinajstić information content (AvgIpc) is 2.71. The Morgan fingerprint density at radius 3 is 2.65 bits per heavy atom. The van der Waals surface area contributed by atoms with Crippen LogP contribution in [0.15, 0.2) is 30.6 Å². The molecule has 8 nitrogen and oxygen atoms in total. The lowest BCUT2D eigenvalue weighted by atomic mass is 10.0. The Morgan fingerprint density at radius 2 is 1.94 bits per heavy atom. The summed E-state index contributed by atoms with van der Waals surface area (Å²) in [5.74, 6) is 0.313. The number of aromatic nitrogens is 2. The molecule has 0 atom stereocenters. The molecule has 3 aromatic rings. The predicted octanol–water partition coefficient (Wildman–Crippen LogP) is 4.16. The summed E-state index contributed by atoms with van der Waals surface area (Å²) in [6, 6.07) is 4.68. The SMILES string of the molecule is COc1c(-c2cc3cc(N)ncc3cc2F)cnc2c1N(C(=O)OC(C)(C)C)CCO2. The fourth-order valence-electron chi connectivity index (χ4n) is 3.44. The number of carbonyl (C=O) groups excluding carboxylic acids is 1. The largest absolute Gasteiger partial charge is 0.494 e. The van der Waals surface area contributed by atoms with E-state index in [1.165, 1.54) is 30.5 Å². The Bertz CT molecular complexity index is 1180. The highest BCUT2D eigenvalue weighted by molar-refractivity contribution is 5.96. The second-order valence-corrected chi connectivity index (χ2v) is 8.13. The van der Waals surface area contributed by atoms with Gasteiger partial charge in [0.25, 0.3) is 0 Å². The van der Waals surface area contributed by atoms with Crippen LogP contribution in [-0.4, -0.2) is 41.9 Å². The number of methoxy groups -OCH3 is 1. The second-order valence-electron chi connectivity index (χ2n) is 8.13. The third-order valence-electron chi connectivity index (χ3n) is 4.73. The molecule has 9 heteroatoms. The standard InChI is InChI=1S/C22H23FN4O4/c1-22(2,3)31-21(28)27-5-6-30-20-18(27)19(29-4)15(11-26-20)14-7-12-9-17(24)25-10-13(12)8-16(14)23/h7-11H,5-6H2,1-4H3,(H2,24,25). The van der Waals surface area contributed by atoms with E-state index in [1.807, 2.05) is 0 Å². The van der Waals surface area contributed by atoms with E-state index in [9.17, 15) is 4.79 Å². The number of nitrogen functional groups attached to an aromatic ring is 1.